The normalized spacial score (nSPS) is 21.1. The number of rotatable bonds is 11. The molecule has 1 saturated carbocycles. The Bertz CT molecular complexity index is 866. The molecule has 2 aliphatic rings. The molecule has 1 aromatic carbocycles. The lowest BCUT2D eigenvalue weighted by Gasteiger charge is -2.43. The van der Waals surface area contributed by atoms with Crippen LogP contribution in [-0.4, -0.2) is 68.6 Å². The van der Waals surface area contributed by atoms with E-state index in [-0.39, 0.29) is 18.1 Å². The average Bonchev–Trinajstić information content (AvgIpc) is 2.91. The fourth-order valence-electron chi connectivity index (χ4n) is 5.91. The molecule has 1 heterocycles. The van der Waals surface area contributed by atoms with E-state index in [4.69, 9.17) is 16.3 Å². The highest BCUT2D eigenvalue weighted by Gasteiger charge is 2.42. The molecule has 9 heteroatoms. The van der Waals surface area contributed by atoms with Gasteiger partial charge in [0.05, 0.1) is 12.7 Å². The van der Waals surface area contributed by atoms with Crippen molar-refractivity contribution in [3.63, 3.8) is 0 Å². The van der Waals surface area contributed by atoms with E-state index in [1.807, 2.05) is 19.2 Å². The number of likely N-dealkylation sites (tertiary alicyclic amines) is 1. The molecule has 0 bridgehead atoms. The van der Waals surface area contributed by atoms with E-state index in [2.05, 4.69) is 15.4 Å². The molecule has 1 aliphatic heterocycles. The van der Waals surface area contributed by atoms with E-state index in [9.17, 15) is 14.7 Å². The van der Waals surface area contributed by atoms with E-state index in [1.54, 1.807) is 17.0 Å². The molecule has 2 fully saturated rings. The lowest BCUT2D eigenvalue weighted by molar-refractivity contribution is -0.0611. The minimum absolute atomic E-state index is 0.155. The first-order valence-corrected chi connectivity index (χ1v) is 14.1. The van der Waals surface area contributed by atoms with Gasteiger partial charge in [-0.25, -0.2) is 9.59 Å². The predicted molar refractivity (Wildman–Crippen MR) is 145 cm³/mol. The number of ether oxygens (including phenoxy) is 2. The zero-order chi connectivity index (χ0) is 26.7. The van der Waals surface area contributed by atoms with Gasteiger partial charge in [-0.15, -0.1) is 0 Å². The summed E-state index contributed by atoms with van der Waals surface area (Å²) in [5.41, 5.74) is -0.475. The van der Waals surface area contributed by atoms with Gasteiger partial charge in [-0.3, -0.25) is 0 Å². The number of likely N-dealkylation sites (N-methyl/N-ethyl adjacent to an activating group) is 1. The van der Waals surface area contributed by atoms with Gasteiger partial charge < -0.3 is 30.1 Å². The zero-order valence-electron chi connectivity index (χ0n) is 22.3. The first-order chi connectivity index (χ1) is 17.9. The molecule has 2 amide bonds. The Balaban J connectivity index is 1.68. The van der Waals surface area contributed by atoms with Crippen LogP contribution >= 0.6 is 11.6 Å². The Morgan fingerprint density at radius 1 is 1.22 bits per heavy atom. The summed E-state index contributed by atoms with van der Waals surface area (Å²) in [6.45, 7) is 2.03. The van der Waals surface area contributed by atoms with Gasteiger partial charge in [0.15, 0.2) is 0 Å². The number of methoxy groups -OCH3 is 1. The maximum Gasteiger partial charge on any atom is 0.410 e. The van der Waals surface area contributed by atoms with Gasteiger partial charge in [0.2, 0.25) is 0 Å². The minimum atomic E-state index is -1.20. The van der Waals surface area contributed by atoms with Gasteiger partial charge in [0.25, 0.3) is 0 Å². The fourth-order valence-corrected chi connectivity index (χ4v) is 6.10. The molecular weight excluding hydrogens is 494 g/mol. The van der Waals surface area contributed by atoms with E-state index >= 15 is 0 Å². The molecule has 0 spiro atoms. The Hall–Kier alpha value is -2.03. The monoisotopic (exact) mass is 537 g/mol. The molecule has 3 atom stereocenters. The average molecular weight is 538 g/mol. The summed E-state index contributed by atoms with van der Waals surface area (Å²) in [6.07, 6.45) is 8.69. The number of nitrogens with zero attached hydrogens (tertiary/aromatic N) is 1. The summed E-state index contributed by atoms with van der Waals surface area (Å²) in [5, 5.41) is 18.4. The van der Waals surface area contributed by atoms with Crippen molar-refractivity contribution >= 4 is 23.8 Å². The summed E-state index contributed by atoms with van der Waals surface area (Å²) in [5.74, 6) is 0.423. The third-order valence-corrected chi connectivity index (χ3v) is 8.12. The van der Waals surface area contributed by atoms with Crippen molar-refractivity contribution in [1.29, 1.82) is 0 Å². The zero-order valence-corrected chi connectivity index (χ0v) is 23.1. The highest BCUT2D eigenvalue weighted by atomic mass is 35.5. The number of hydrogen-bond acceptors (Lipinski definition) is 6. The largest absolute Gasteiger partial charge is 0.453 e. The summed E-state index contributed by atoms with van der Waals surface area (Å²) in [6, 6.07) is 7.28. The summed E-state index contributed by atoms with van der Waals surface area (Å²) < 4.78 is 10.7. The van der Waals surface area contributed by atoms with Crippen molar-refractivity contribution in [3.05, 3.63) is 34.9 Å². The Morgan fingerprint density at radius 3 is 2.70 bits per heavy atom. The van der Waals surface area contributed by atoms with Gasteiger partial charge in [0, 0.05) is 37.1 Å². The third-order valence-electron chi connectivity index (χ3n) is 7.89. The van der Waals surface area contributed by atoms with Crippen molar-refractivity contribution in [2.24, 2.45) is 11.8 Å². The highest BCUT2D eigenvalue weighted by molar-refractivity contribution is 6.30. The Labute approximate surface area is 226 Å². The standard InChI is InChI=1S/C28H44ClN3O5/c1-30-19-25(17-21-9-4-3-5-10-21)37-27(34)32-16-7-12-23(20-32)28(35,14-8-15-31-26(33)36-2)22-11-6-13-24(29)18-22/h6,11,13,18,21,23,25,30,35H,3-5,7-10,12,14-17,19-20H2,1-2H3,(H,31,33)/t23-,25-,28-/m1/s1. The van der Waals surface area contributed by atoms with Crippen molar-refractivity contribution in [1.82, 2.24) is 15.5 Å². The van der Waals surface area contributed by atoms with Crippen molar-refractivity contribution in [2.75, 3.05) is 40.3 Å². The van der Waals surface area contributed by atoms with Gasteiger partial charge in [-0.05, 0) is 62.8 Å². The molecule has 3 N–H and O–H groups in total. The van der Waals surface area contributed by atoms with Crippen LogP contribution in [0.4, 0.5) is 9.59 Å². The second-order valence-corrected chi connectivity index (χ2v) is 11.0. The smallest absolute Gasteiger partial charge is 0.410 e. The van der Waals surface area contributed by atoms with Crippen LogP contribution in [-0.2, 0) is 15.1 Å². The number of halogens is 1. The SMILES string of the molecule is CNC[C@@H](CC1CCCCC1)OC(=O)N1CCC[C@@H]([C@@](O)(CCCNC(=O)OC)c2cccc(Cl)c2)C1. The molecular formula is C28H44ClN3O5. The van der Waals surface area contributed by atoms with Crippen LogP contribution in [0.2, 0.25) is 5.02 Å². The molecule has 0 radical (unpaired) electrons. The molecule has 37 heavy (non-hydrogen) atoms. The molecule has 8 nitrogen and oxygen atoms in total. The van der Waals surface area contributed by atoms with Crippen LogP contribution in [0.25, 0.3) is 0 Å². The second-order valence-electron chi connectivity index (χ2n) is 10.5. The number of alkyl carbamates (subject to hydrolysis) is 1. The number of carbonyl (C=O) groups excluding carboxylic acids is 2. The summed E-state index contributed by atoms with van der Waals surface area (Å²) in [7, 11) is 3.21. The molecule has 1 aromatic rings. The molecule has 1 aliphatic carbocycles. The van der Waals surface area contributed by atoms with Crippen LogP contribution in [0.15, 0.2) is 24.3 Å². The first kappa shape index (κ1) is 29.5. The fraction of sp³-hybridized carbons (Fsp3) is 0.714. The van der Waals surface area contributed by atoms with Gasteiger partial charge in [0.1, 0.15) is 6.10 Å². The van der Waals surface area contributed by atoms with Gasteiger partial charge in [-0.1, -0.05) is 55.8 Å². The van der Waals surface area contributed by atoms with E-state index in [0.29, 0.717) is 50.0 Å². The second kappa shape index (κ2) is 14.8. The van der Waals surface area contributed by atoms with Crippen LogP contribution in [0, 0.1) is 11.8 Å². The van der Waals surface area contributed by atoms with Crippen molar-refractivity contribution in [2.45, 2.75) is 75.9 Å². The summed E-state index contributed by atoms with van der Waals surface area (Å²) >= 11 is 6.28. The molecule has 3 rings (SSSR count). The maximum absolute atomic E-state index is 13.3. The van der Waals surface area contributed by atoms with Crippen LogP contribution in [0.3, 0.4) is 0 Å². The molecule has 208 valence electrons. The lowest BCUT2D eigenvalue weighted by Crippen LogP contribution is -2.49. The first-order valence-electron chi connectivity index (χ1n) is 13.8. The topological polar surface area (TPSA) is 100 Å². The quantitative estimate of drug-likeness (QED) is 0.341. The number of benzene rings is 1. The molecule has 0 unspecified atom stereocenters. The number of amides is 2. The van der Waals surface area contributed by atoms with Gasteiger partial charge in [-0.2, -0.15) is 0 Å². The number of carbonyl (C=O) groups is 2. The minimum Gasteiger partial charge on any atom is -0.453 e. The molecule has 1 saturated heterocycles. The molecule has 0 aromatic heterocycles. The number of piperidine rings is 1. The Kier molecular flexibility index (Phi) is 11.8. The van der Waals surface area contributed by atoms with Crippen molar-refractivity contribution in [3.8, 4) is 0 Å². The number of aliphatic hydroxyl groups is 1. The Morgan fingerprint density at radius 2 is 2.00 bits per heavy atom. The van der Waals surface area contributed by atoms with Gasteiger partial charge >= 0.3 is 12.2 Å². The number of hydrogen-bond donors (Lipinski definition) is 3. The van der Waals surface area contributed by atoms with Crippen LogP contribution in [0.5, 0.6) is 0 Å². The van der Waals surface area contributed by atoms with Crippen molar-refractivity contribution < 1.29 is 24.2 Å². The van der Waals surface area contributed by atoms with E-state index in [1.165, 1.54) is 39.2 Å². The van der Waals surface area contributed by atoms with Crippen LogP contribution < -0.4 is 10.6 Å². The third kappa shape index (κ3) is 8.76. The van der Waals surface area contributed by atoms with Crippen LogP contribution in [0.1, 0.15) is 69.8 Å². The predicted octanol–water partition coefficient (Wildman–Crippen LogP) is 5.07. The maximum atomic E-state index is 13.3. The van der Waals surface area contributed by atoms with E-state index in [0.717, 1.165) is 24.8 Å². The number of nitrogens with one attached hydrogen (secondary N) is 2. The summed E-state index contributed by atoms with van der Waals surface area (Å²) in [4.78, 5) is 26.5. The van der Waals surface area contributed by atoms with E-state index < -0.39 is 11.7 Å². The lowest BCUT2D eigenvalue weighted by atomic mass is 9.74. The highest BCUT2D eigenvalue weighted by Crippen LogP contribution is 2.40.